The molecular formula is C17H19N3O3. The summed E-state index contributed by atoms with van der Waals surface area (Å²) in [6.45, 7) is 1.56. The van der Waals surface area contributed by atoms with Gasteiger partial charge < -0.3 is 21.1 Å². The number of carbonyl (C=O) groups is 2. The molecule has 0 saturated heterocycles. The molecule has 0 fully saturated rings. The third-order valence-electron chi connectivity index (χ3n) is 2.97. The molecule has 6 nitrogen and oxygen atoms in total. The molecule has 0 heterocycles. The first-order valence-corrected chi connectivity index (χ1v) is 7.24. The molecule has 23 heavy (non-hydrogen) atoms. The standard InChI is InChI=1S/C17H19N3O3/c1-12(21)11-18-16(22)17(23)20-15-9-7-14(8-10-15)19-13-5-3-2-4-6-13/h2-10,12,19,21H,11H2,1H3,(H,18,22)(H,20,23). The van der Waals surface area contributed by atoms with Gasteiger partial charge in [0.05, 0.1) is 6.10 Å². The maximum absolute atomic E-state index is 11.7. The van der Waals surface area contributed by atoms with Gasteiger partial charge in [-0.3, -0.25) is 9.59 Å². The van der Waals surface area contributed by atoms with Crippen LogP contribution in [0.3, 0.4) is 0 Å². The van der Waals surface area contributed by atoms with Crippen molar-refractivity contribution in [3.05, 3.63) is 54.6 Å². The van der Waals surface area contributed by atoms with Crippen LogP contribution >= 0.6 is 0 Å². The molecule has 2 rings (SSSR count). The van der Waals surface area contributed by atoms with Gasteiger partial charge in [0.1, 0.15) is 0 Å². The van der Waals surface area contributed by atoms with Crippen LogP contribution in [-0.4, -0.2) is 29.6 Å². The highest BCUT2D eigenvalue weighted by Gasteiger charge is 2.13. The molecule has 1 atom stereocenters. The van der Waals surface area contributed by atoms with E-state index in [2.05, 4.69) is 16.0 Å². The Morgan fingerprint density at radius 1 is 0.913 bits per heavy atom. The molecule has 0 radical (unpaired) electrons. The van der Waals surface area contributed by atoms with Gasteiger partial charge in [-0.15, -0.1) is 0 Å². The van der Waals surface area contributed by atoms with Crippen molar-refractivity contribution in [2.24, 2.45) is 0 Å². The molecule has 2 aromatic rings. The summed E-state index contributed by atoms with van der Waals surface area (Å²) < 4.78 is 0. The summed E-state index contributed by atoms with van der Waals surface area (Å²) in [5.41, 5.74) is 2.34. The van der Waals surface area contributed by atoms with Crippen molar-refractivity contribution < 1.29 is 14.7 Å². The molecule has 6 heteroatoms. The minimum atomic E-state index is -0.780. The second kappa shape index (κ2) is 7.95. The number of hydrogen-bond donors (Lipinski definition) is 4. The molecule has 2 amide bonds. The number of aliphatic hydroxyl groups is 1. The molecule has 0 aliphatic rings. The van der Waals surface area contributed by atoms with E-state index in [-0.39, 0.29) is 6.54 Å². The van der Waals surface area contributed by atoms with Crippen molar-refractivity contribution in [1.82, 2.24) is 5.32 Å². The molecule has 0 spiro atoms. The van der Waals surface area contributed by atoms with E-state index in [0.29, 0.717) is 5.69 Å². The van der Waals surface area contributed by atoms with Crippen LogP contribution in [-0.2, 0) is 9.59 Å². The van der Waals surface area contributed by atoms with E-state index < -0.39 is 17.9 Å². The Morgan fingerprint density at radius 2 is 1.48 bits per heavy atom. The number of nitrogens with one attached hydrogen (secondary N) is 3. The molecule has 0 saturated carbocycles. The third kappa shape index (κ3) is 5.44. The normalized spacial score (nSPS) is 11.4. The van der Waals surface area contributed by atoms with Crippen LogP contribution in [0.4, 0.5) is 17.1 Å². The van der Waals surface area contributed by atoms with Gasteiger partial charge >= 0.3 is 11.8 Å². The number of benzene rings is 2. The van der Waals surface area contributed by atoms with Crippen LogP contribution < -0.4 is 16.0 Å². The van der Waals surface area contributed by atoms with Gasteiger partial charge in [0.25, 0.3) is 0 Å². The average Bonchev–Trinajstić information content (AvgIpc) is 2.55. The number of rotatable bonds is 5. The van der Waals surface area contributed by atoms with Crippen LogP contribution in [0.25, 0.3) is 0 Å². The zero-order chi connectivity index (χ0) is 16.7. The van der Waals surface area contributed by atoms with E-state index in [1.54, 1.807) is 24.3 Å². The molecule has 1 unspecified atom stereocenters. The monoisotopic (exact) mass is 313 g/mol. The van der Waals surface area contributed by atoms with Gasteiger partial charge in [-0.1, -0.05) is 18.2 Å². The lowest BCUT2D eigenvalue weighted by molar-refractivity contribution is -0.136. The molecular weight excluding hydrogens is 294 g/mol. The third-order valence-corrected chi connectivity index (χ3v) is 2.97. The molecule has 0 aliphatic heterocycles. The summed E-state index contributed by atoms with van der Waals surface area (Å²) >= 11 is 0. The van der Waals surface area contributed by atoms with E-state index in [1.807, 2.05) is 30.3 Å². The van der Waals surface area contributed by atoms with Crippen LogP contribution in [0.1, 0.15) is 6.92 Å². The zero-order valence-corrected chi connectivity index (χ0v) is 12.7. The van der Waals surface area contributed by atoms with Crippen molar-refractivity contribution in [2.75, 3.05) is 17.2 Å². The van der Waals surface area contributed by atoms with Crippen LogP contribution in [0.2, 0.25) is 0 Å². The fourth-order valence-electron chi connectivity index (χ4n) is 1.83. The SMILES string of the molecule is CC(O)CNC(=O)C(=O)Nc1ccc(Nc2ccccc2)cc1. The maximum Gasteiger partial charge on any atom is 0.313 e. The Bertz CT molecular complexity index is 655. The van der Waals surface area contributed by atoms with Crippen molar-refractivity contribution in [2.45, 2.75) is 13.0 Å². The summed E-state index contributed by atoms with van der Waals surface area (Å²) in [6, 6.07) is 16.7. The Kier molecular flexibility index (Phi) is 5.71. The van der Waals surface area contributed by atoms with E-state index in [9.17, 15) is 9.59 Å². The predicted octanol–water partition coefficient (Wildman–Crippen LogP) is 1.87. The largest absolute Gasteiger partial charge is 0.392 e. The molecule has 0 bridgehead atoms. The summed E-state index contributed by atoms with van der Waals surface area (Å²) in [7, 11) is 0. The first-order valence-electron chi connectivity index (χ1n) is 7.24. The van der Waals surface area contributed by atoms with Crippen molar-refractivity contribution >= 4 is 28.9 Å². The Labute approximate surface area is 134 Å². The van der Waals surface area contributed by atoms with E-state index >= 15 is 0 Å². The summed E-state index contributed by atoms with van der Waals surface area (Å²) in [4.78, 5) is 23.2. The van der Waals surface area contributed by atoms with Crippen LogP contribution in [0, 0.1) is 0 Å². The minimum Gasteiger partial charge on any atom is -0.392 e. The van der Waals surface area contributed by atoms with Crippen LogP contribution in [0.15, 0.2) is 54.6 Å². The smallest absolute Gasteiger partial charge is 0.313 e. The Balaban J connectivity index is 1.89. The maximum atomic E-state index is 11.7. The summed E-state index contributed by atoms with van der Waals surface area (Å²) in [5.74, 6) is -1.55. The number of anilines is 3. The average molecular weight is 313 g/mol. The quantitative estimate of drug-likeness (QED) is 0.634. The Hall–Kier alpha value is -2.86. The second-order valence-electron chi connectivity index (χ2n) is 5.08. The second-order valence-corrected chi connectivity index (χ2v) is 5.08. The Morgan fingerprint density at radius 3 is 2.09 bits per heavy atom. The molecule has 4 N–H and O–H groups in total. The molecule has 2 aromatic carbocycles. The first kappa shape index (κ1) is 16.5. The number of para-hydroxylation sites is 1. The predicted molar refractivity (Wildman–Crippen MR) is 89.5 cm³/mol. The highest BCUT2D eigenvalue weighted by atomic mass is 16.3. The highest BCUT2D eigenvalue weighted by Crippen LogP contribution is 2.18. The van der Waals surface area contributed by atoms with Gasteiger partial charge in [0.15, 0.2) is 0 Å². The number of amides is 2. The fourth-order valence-corrected chi connectivity index (χ4v) is 1.83. The van der Waals surface area contributed by atoms with Gasteiger partial charge in [-0.05, 0) is 43.3 Å². The molecule has 0 aliphatic carbocycles. The van der Waals surface area contributed by atoms with Crippen molar-refractivity contribution in [1.29, 1.82) is 0 Å². The lowest BCUT2D eigenvalue weighted by Gasteiger charge is -2.09. The number of carbonyl (C=O) groups excluding carboxylic acids is 2. The van der Waals surface area contributed by atoms with E-state index in [0.717, 1.165) is 11.4 Å². The van der Waals surface area contributed by atoms with E-state index in [4.69, 9.17) is 5.11 Å². The van der Waals surface area contributed by atoms with Crippen molar-refractivity contribution in [3.8, 4) is 0 Å². The van der Waals surface area contributed by atoms with Gasteiger partial charge in [0, 0.05) is 23.6 Å². The zero-order valence-electron chi connectivity index (χ0n) is 12.7. The van der Waals surface area contributed by atoms with Gasteiger partial charge in [-0.25, -0.2) is 0 Å². The van der Waals surface area contributed by atoms with Gasteiger partial charge in [0.2, 0.25) is 0 Å². The topological polar surface area (TPSA) is 90.5 Å². The summed E-state index contributed by atoms with van der Waals surface area (Å²) in [5, 5.41) is 17.1. The number of hydrogen-bond acceptors (Lipinski definition) is 4. The lowest BCUT2D eigenvalue weighted by Crippen LogP contribution is -2.38. The molecule has 120 valence electrons. The van der Waals surface area contributed by atoms with Gasteiger partial charge in [-0.2, -0.15) is 0 Å². The number of aliphatic hydroxyl groups excluding tert-OH is 1. The molecule has 0 aromatic heterocycles. The van der Waals surface area contributed by atoms with E-state index in [1.165, 1.54) is 6.92 Å². The fraction of sp³-hybridized carbons (Fsp3) is 0.176. The highest BCUT2D eigenvalue weighted by molar-refractivity contribution is 6.39. The van der Waals surface area contributed by atoms with Crippen LogP contribution in [0.5, 0.6) is 0 Å². The minimum absolute atomic E-state index is 0.0339. The van der Waals surface area contributed by atoms with Crippen molar-refractivity contribution in [3.63, 3.8) is 0 Å². The lowest BCUT2D eigenvalue weighted by atomic mass is 10.2. The first-order chi connectivity index (χ1) is 11.0. The summed E-state index contributed by atoms with van der Waals surface area (Å²) in [6.07, 6.45) is -0.699.